The molecule has 2 rings (SSSR count). The minimum atomic E-state index is -0.259. The second-order valence-electron chi connectivity index (χ2n) is 4.82. The molecule has 2 aromatic rings. The Bertz CT molecular complexity index is 596. The summed E-state index contributed by atoms with van der Waals surface area (Å²) in [5.41, 5.74) is 0.605. The Hall–Kier alpha value is -1.07. The van der Waals surface area contributed by atoms with Crippen molar-refractivity contribution in [2.75, 3.05) is 12.4 Å². The summed E-state index contributed by atoms with van der Waals surface area (Å²) in [5.74, 6) is -0.0904. The lowest BCUT2D eigenvalue weighted by Crippen LogP contribution is -2.39. The van der Waals surface area contributed by atoms with E-state index in [2.05, 4.69) is 11.4 Å². The number of halogens is 2. The van der Waals surface area contributed by atoms with E-state index in [4.69, 9.17) is 23.2 Å². The first-order chi connectivity index (χ1) is 9.95. The number of nitrogens with zero attached hydrogens (tertiary/aromatic N) is 1. The van der Waals surface area contributed by atoms with Gasteiger partial charge in [0.05, 0.1) is 6.04 Å². The van der Waals surface area contributed by atoms with Gasteiger partial charge in [0, 0.05) is 27.2 Å². The zero-order valence-corrected chi connectivity index (χ0v) is 14.1. The van der Waals surface area contributed by atoms with Crippen LogP contribution in [0.1, 0.15) is 11.8 Å². The van der Waals surface area contributed by atoms with Crippen LogP contribution in [-0.4, -0.2) is 23.9 Å². The third kappa shape index (κ3) is 4.71. The summed E-state index contributed by atoms with van der Waals surface area (Å²) in [6.45, 7) is 2.61. The summed E-state index contributed by atoms with van der Waals surface area (Å²) < 4.78 is 0. The standard InChI is InChI=1S/C15H16Cl2N2OS/c1-10(19(2)9-14-4-3-5-21-14)15(20)18-13-7-11(16)6-12(17)8-13/h3-8,10H,9H2,1-2H3,(H,18,20)/t10-/m0/s1. The van der Waals surface area contributed by atoms with Crippen molar-refractivity contribution in [1.29, 1.82) is 0 Å². The van der Waals surface area contributed by atoms with Gasteiger partial charge in [-0.05, 0) is 43.6 Å². The topological polar surface area (TPSA) is 32.3 Å². The Balaban J connectivity index is 1.98. The second-order valence-corrected chi connectivity index (χ2v) is 6.72. The molecule has 0 unspecified atom stereocenters. The van der Waals surface area contributed by atoms with E-state index < -0.39 is 0 Å². The van der Waals surface area contributed by atoms with Gasteiger partial charge in [0.2, 0.25) is 5.91 Å². The highest BCUT2D eigenvalue weighted by Crippen LogP contribution is 2.23. The van der Waals surface area contributed by atoms with Crippen molar-refractivity contribution in [2.24, 2.45) is 0 Å². The first kappa shape index (κ1) is 16.3. The molecular formula is C15H16Cl2N2OS. The van der Waals surface area contributed by atoms with Crippen LogP contribution in [0.2, 0.25) is 10.0 Å². The van der Waals surface area contributed by atoms with E-state index in [1.165, 1.54) is 4.88 Å². The fraction of sp³-hybridized carbons (Fsp3) is 0.267. The molecule has 0 aliphatic heterocycles. The molecule has 0 aliphatic carbocycles. The van der Waals surface area contributed by atoms with Crippen molar-refractivity contribution in [3.05, 3.63) is 50.6 Å². The first-order valence-electron chi connectivity index (χ1n) is 6.45. The van der Waals surface area contributed by atoms with Gasteiger partial charge in [0.25, 0.3) is 0 Å². The number of carbonyl (C=O) groups excluding carboxylic acids is 1. The van der Waals surface area contributed by atoms with Crippen LogP contribution in [0, 0.1) is 0 Å². The molecule has 0 aliphatic rings. The number of nitrogens with one attached hydrogen (secondary N) is 1. The molecule has 1 aromatic carbocycles. The summed E-state index contributed by atoms with van der Waals surface area (Å²) in [6.07, 6.45) is 0. The Kier molecular flexibility index (Phi) is 5.65. The lowest BCUT2D eigenvalue weighted by Gasteiger charge is -2.23. The first-order valence-corrected chi connectivity index (χ1v) is 8.09. The lowest BCUT2D eigenvalue weighted by atomic mass is 10.2. The summed E-state index contributed by atoms with van der Waals surface area (Å²) in [5, 5.41) is 5.86. The SMILES string of the molecule is C[C@@H](C(=O)Nc1cc(Cl)cc(Cl)c1)N(C)Cc1cccs1. The maximum Gasteiger partial charge on any atom is 0.241 e. The van der Waals surface area contributed by atoms with Gasteiger partial charge in [0.15, 0.2) is 0 Å². The largest absolute Gasteiger partial charge is 0.325 e. The van der Waals surface area contributed by atoms with Gasteiger partial charge in [-0.1, -0.05) is 29.3 Å². The van der Waals surface area contributed by atoms with E-state index in [-0.39, 0.29) is 11.9 Å². The molecule has 0 radical (unpaired) electrons. The molecule has 0 saturated heterocycles. The zero-order valence-electron chi connectivity index (χ0n) is 11.8. The van der Waals surface area contributed by atoms with Crippen LogP contribution in [0.4, 0.5) is 5.69 Å². The van der Waals surface area contributed by atoms with Crippen LogP contribution in [-0.2, 0) is 11.3 Å². The predicted molar refractivity (Wildman–Crippen MR) is 90.3 cm³/mol. The number of carbonyl (C=O) groups is 1. The maximum absolute atomic E-state index is 12.3. The molecule has 112 valence electrons. The number of benzene rings is 1. The summed E-state index contributed by atoms with van der Waals surface area (Å²) >= 11 is 13.5. The molecule has 0 spiro atoms. The van der Waals surface area contributed by atoms with Crippen LogP contribution in [0.15, 0.2) is 35.7 Å². The monoisotopic (exact) mass is 342 g/mol. The molecule has 1 aromatic heterocycles. The molecule has 0 fully saturated rings. The number of hydrogen-bond acceptors (Lipinski definition) is 3. The van der Waals surface area contributed by atoms with Crippen molar-refractivity contribution in [2.45, 2.75) is 19.5 Å². The van der Waals surface area contributed by atoms with Gasteiger partial charge in [-0.15, -0.1) is 11.3 Å². The number of amides is 1. The van der Waals surface area contributed by atoms with Gasteiger partial charge < -0.3 is 5.32 Å². The van der Waals surface area contributed by atoms with Crippen molar-refractivity contribution in [3.8, 4) is 0 Å². The molecular weight excluding hydrogens is 327 g/mol. The van der Waals surface area contributed by atoms with E-state index in [1.54, 1.807) is 29.5 Å². The van der Waals surface area contributed by atoms with Crippen LogP contribution < -0.4 is 5.32 Å². The molecule has 1 heterocycles. The highest BCUT2D eigenvalue weighted by atomic mass is 35.5. The normalized spacial score (nSPS) is 12.4. The van der Waals surface area contributed by atoms with Gasteiger partial charge in [0.1, 0.15) is 0 Å². The van der Waals surface area contributed by atoms with Crippen LogP contribution in [0.3, 0.4) is 0 Å². The van der Waals surface area contributed by atoms with Gasteiger partial charge in [-0.3, -0.25) is 9.69 Å². The Morgan fingerprint density at radius 2 is 2.00 bits per heavy atom. The van der Waals surface area contributed by atoms with Crippen LogP contribution in [0.5, 0.6) is 0 Å². The summed E-state index contributed by atoms with van der Waals surface area (Å²) in [7, 11) is 1.93. The van der Waals surface area contributed by atoms with E-state index in [1.807, 2.05) is 30.3 Å². The van der Waals surface area contributed by atoms with Crippen LogP contribution in [0.25, 0.3) is 0 Å². The summed E-state index contributed by atoms with van der Waals surface area (Å²) in [4.78, 5) is 15.5. The number of rotatable bonds is 5. The van der Waals surface area contributed by atoms with Crippen LogP contribution >= 0.6 is 34.5 Å². The molecule has 1 atom stereocenters. The smallest absolute Gasteiger partial charge is 0.241 e. The highest BCUT2D eigenvalue weighted by Gasteiger charge is 2.18. The van der Waals surface area contributed by atoms with E-state index >= 15 is 0 Å². The molecule has 6 heteroatoms. The average molecular weight is 343 g/mol. The van der Waals surface area contributed by atoms with Crippen molar-refractivity contribution >= 4 is 46.1 Å². The number of anilines is 1. The highest BCUT2D eigenvalue weighted by molar-refractivity contribution is 7.09. The van der Waals surface area contributed by atoms with Gasteiger partial charge >= 0.3 is 0 Å². The van der Waals surface area contributed by atoms with E-state index in [0.717, 1.165) is 6.54 Å². The third-order valence-corrected chi connectivity index (χ3v) is 4.45. The average Bonchev–Trinajstić information content (AvgIpc) is 2.89. The maximum atomic E-state index is 12.3. The predicted octanol–water partition coefficient (Wildman–Crippen LogP) is 4.51. The Morgan fingerprint density at radius 3 is 2.57 bits per heavy atom. The minimum absolute atomic E-state index is 0.0904. The quantitative estimate of drug-likeness (QED) is 0.866. The molecule has 0 bridgehead atoms. The zero-order chi connectivity index (χ0) is 15.4. The number of likely N-dealkylation sites (N-methyl/N-ethyl adjacent to an activating group) is 1. The molecule has 1 N–H and O–H groups in total. The van der Waals surface area contributed by atoms with Crippen molar-refractivity contribution in [1.82, 2.24) is 4.90 Å². The van der Waals surface area contributed by atoms with E-state index in [0.29, 0.717) is 15.7 Å². The third-order valence-electron chi connectivity index (χ3n) is 3.16. The van der Waals surface area contributed by atoms with E-state index in [9.17, 15) is 4.79 Å². The lowest BCUT2D eigenvalue weighted by molar-refractivity contribution is -0.120. The fourth-order valence-electron chi connectivity index (χ4n) is 1.86. The van der Waals surface area contributed by atoms with Gasteiger partial charge in [-0.2, -0.15) is 0 Å². The van der Waals surface area contributed by atoms with Gasteiger partial charge in [-0.25, -0.2) is 0 Å². The number of thiophene rings is 1. The van der Waals surface area contributed by atoms with Crippen molar-refractivity contribution in [3.63, 3.8) is 0 Å². The fourth-order valence-corrected chi connectivity index (χ4v) is 3.15. The molecule has 0 saturated carbocycles. The minimum Gasteiger partial charge on any atom is -0.325 e. The number of hydrogen-bond donors (Lipinski definition) is 1. The Morgan fingerprint density at radius 1 is 1.33 bits per heavy atom. The second kappa shape index (κ2) is 7.27. The molecule has 3 nitrogen and oxygen atoms in total. The molecule has 1 amide bonds. The summed E-state index contributed by atoms with van der Waals surface area (Å²) in [6, 6.07) is 8.79. The molecule has 21 heavy (non-hydrogen) atoms. The Labute approximate surface area is 138 Å². The van der Waals surface area contributed by atoms with Crippen molar-refractivity contribution < 1.29 is 4.79 Å².